The minimum Gasteiger partial charge on any atom is -0.192 e. The predicted octanol–water partition coefficient (Wildman–Crippen LogP) is 10.2. The van der Waals surface area contributed by atoms with E-state index in [1.54, 1.807) is 5.30 Å². The standard InChI is InChI=1S/C38H37N2P/c39-26-28-18-22-30(23-19-28)34-15-9-16-35(31-24-20-29(27-40)21-25-31)38(34)36-14-7-8-17-37(36)41(32-10-3-1-4-11-32)33-12-5-2-6-13-33/h7-9,14-25,32-33H,1-6,10-13H2. The van der Waals surface area contributed by atoms with E-state index in [1.165, 1.54) is 86.5 Å². The lowest BCUT2D eigenvalue weighted by molar-refractivity contribution is 0.487. The van der Waals surface area contributed by atoms with Crippen molar-refractivity contribution in [1.29, 1.82) is 10.5 Å². The number of benzene rings is 4. The first kappa shape index (κ1) is 27.5. The molecule has 0 N–H and O–H groups in total. The van der Waals surface area contributed by atoms with Gasteiger partial charge in [0.05, 0.1) is 23.3 Å². The molecule has 2 nitrogen and oxygen atoms in total. The van der Waals surface area contributed by atoms with Crippen molar-refractivity contribution in [3.8, 4) is 45.5 Å². The fraction of sp³-hybridized carbons (Fsp3) is 0.316. The summed E-state index contributed by atoms with van der Waals surface area (Å²) in [6.07, 6.45) is 13.7. The van der Waals surface area contributed by atoms with Crippen LogP contribution in [0.4, 0.5) is 0 Å². The second kappa shape index (κ2) is 12.9. The first-order valence-electron chi connectivity index (χ1n) is 15.3. The molecule has 0 amide bonds. The molecule has 0 aromatic heterocycles. The molecular formula is C38H37N2P. The van der Waals surface area contributed by atoms with Crippen LogP contribution in [0.15, 0.2) is 91.0 Å². The van der Waals surface area contributed by atoms with Gasteiger partial charge in [0.1, 0.15) is 0 Å². The summed E-state index contributed by atoms with van der Waals surface area (Å²) in [6, 6.07) is 36.6. The molecule has 0 atom stereocenters. The lowest BCUT2D eigenvalue weighted by Gasteiger charge is -2.40. The number of rotatable bonds is 6. The van der Waals surface area contributed by atoms with Crippen LogP contribution in [0.5, 0.6) is 0 Å². The van der Waals surface area contributed by atoms with E-state index < -0.39 is 0 Å². The molecule has 0 heterocycles. The molecule has 2 aliphatic rings. The van der Waals surface area contributed by atoms with Gasteiger partial charge in [-0.25, -0.2) is 0 Å². The second-order valence-corrected chi connectivity index (χ2v) is 14.4. The summed E-state index contributed by atoms with van der Waals surface area (Å²) in [5.41, 5.74) is 10.3. The predicted molar refractivity (Wildman–Crippen MR) is 172 cm³/mol. The van der Waals surface area contributed by atoms with E-state index in [9.17, 15) is 10.5 Å². The molecule has 2 aliphatic carbocycles. The Morgan fingerprint density at radius 3 is 1.39 bits per heavy atom. The SMILES string of the molecule is N#Cc1ccc(-c2cccc(-c3ccc(C#N)cc3)c2-c2ccccc2P(C2CCCCC2)C2CCCCC2)cc1. The van der Waals surface area contributed by atoms with Crippen molar-refractivity contribution in [2.75, 3.05) is 0 Å². The molecule has 4 aromatic rings. The van der Waals surface area contributed by atoms with Crippen LogP contribution in [-0.2, 0) is 0 Å². The van der Waals surface area contributed by atoms with Crippen LogP contribution in [-0.4, -0.2) is 11.3 Å². The van der Waals surface area contributed by atoms with E-state index in [0.717, 1.165) is 22.4 Å². The topological polar surface area (TPSA) is 47.6 Å². The zero-order valence-corrected chi connectivity index (χ0v) is 24.6. The summed E-state index contributed by atoms with van der Waals surface area (Å²) in [6.45, 7) is 0. The van der Waals surface area contributed by atoms with Gasteiger partial charge in [-0.2, -0.15) is 10.5 Å². The van der Waals surface area contributed by atoms with Crippen molar-refractivity contribution >= 4 is 13.2 Å². The van der Waals surface area contributed by atoms with Crippen LogP contribution in [0.25, 0.3) is 33.4 Å². The molecule has 41 heavy (non-hydrogen) atoms. The molecule has 2 saturated carbocycles. The Morgan fingerprint density at radius 1 is 0.488 bits per heavy atom. The lowest BCUT2D eigenvalue weighted by Crippen LogP contribution is -2.27. The van der Waals surface area contributed by atoms with E-state index in [-0.39, 0.29) is 7.92 Å². The Morgan fingerprint density at radius 2 is 0.927 bits per heavy atom. The molecular weight excluding hydrogens is 515 g/mol. The van der Waals surface area contributed by atoms with E-state index in [2.05, 4.69) is 78.9 Å². The molecule has 6 rings (SSSR count). The van der Waals surface area contributed by atoms with E-state index in [0.29, 0.717) is 11.1 Å². The van der Waals surface area contributed by atoms with Gasteiger partial charge in [-0.3, -0.25) is 0 Å². The summed E-state index contributed by atoms with van der Waals surface area (Å²) in [4.78, 5) is 0. The van der Waals surface area contributed by atoms with Gasteiger partial charge in [-0.1, -0.05) is 113 Å². The summed E-state index contributed by atoms with van der Waals surface area (Å²) < 4.78 is 0. The molecule has 204 valence electrons. The van der Waals surface area contributed by atoms with Crippen LogP contribution >= 0.6 is 7.92 Å². The van der Waals surface area contributed by atoms with Gasteiger partial charge in [0.25, 0.3) is 0 Å². The van der Waals surface area contributed by atoms with Gasteiger partial charge in [-0.05, 0) is 100.0 Å². The van der Waals surface area contributed by atoms with Gasteiger partial charge in [0.15, 0.2) is 0 Å². The Kier molecular flexibility index (Phi) is 8.61. The first-order valence-corrected chi connectivity index (χ1v) is 16.8. The fourth-order valence-corrected chi connectivity index (χ4v) is 11.0. The van der Waals surface area contributed by atoms with Crippen molar-refractivity contribution in [2.45, 2.75) is 75.5 Å². The first-order chi connectivity index (χ1) is 20.3. The molecule has 0 radical (unpaired) electrons. The third-order valence-electron chi connectivity index (χ3n) is 9.10. The van der Waals surface area contributed by atoms with E-state index in [4.69, 9.17) is 0 Å². The summed E-state index contributed by atoms with van der Waals surface area (Å²) in [7, 11) is -0.301. The number of hydrogen-bond donors (Lipinski definition) is 0. The number of nitrogens with zero attached hydrogens (tertiary/aromatic N) is 2. The summed E-state index contributed by atoms with van der Waals surface area (Å²) in [5, 5.41) is 20.5. The largest absolute Gasteiger partial charge is 0.192 e. The molecule has 0 unspecified atom stereocenters. The quantitative estimate of drug-likeness (QED) is 0.223. The highest BCUT2D eigenvalue weighted by atomic mass is 31.1. The Labute approximate surface area is 246 Å². The van der Waals surface area contributed by atoms with Gasteiger partial charge >= 0.3 is 0 Å². The monoisotopic (exact) mass is 552 g/mol. The lowest BCUT2D eigenvalue weighted by atomic mass is 9.87. The highest BCUT2D eigenvalue weighted by Crippen LogP contribution is 2.57. The number of nitriles is 2. The molecule has 0 aliphatic heterocycles. The van der Waals surface area contributed by atoms with Crippen molar-refractivity contribution in [3.63, 3.8) is 0 Å². The van der Waals surface area contributed by atoms with Crippen LogP contribution < -0.4 is 5.30 Å². The smallest absolute Gasteiger partial charge is 0.0991 e. The highest BCUT2D eigenvalue weighted by molar-refractivity contribution is 7.67. The van der Waals surface area contributed by atoms with Gasteiger partial charge in [0, 0.05) is 0 Å². The van der Waals surface area contributed by atoms with E-state index in [1.807, 2.05) is 24.3 Å². The Bertz CT molecular complexity index is 1470. The third kappa shape index (κ3) is 5.87. The van der Waals surface area contributed by atoms with Crippen molar-refractivity contribution in [2.24, 2.45) is 0 Å². The van der Waals surface area contributed by atoms with Gasteiger partial charge in [-0.15, -0.1) is 0 Å². The van der Waals surface area contributed by atoms with Gasteiger partial charge in [0.2, 0.25) is 0 Å². The fourth-order valence-electron chi connectivity index (χ4n) is 7.09. The van der Waals surface area contributed by atoms with Crippen LogP contribution in [0.1, 0.15) is 75.3 Å². The minimum atomic E-state index is -0.301. The molecule has 2 fully saturated rings. The average molecular weight is 553 g/mol. The molecule has 0 bridgehead atoms. The summed E-state index contributed by atoms with van der Waals surface area (Å²) in [5.74, 6) is 0. The summed E-state index contributed by atoms with van der Waals surface area (Å²) >= 11 is 0. The molecule has 0 saturated heterocycles. The zero-order valence-electron chi connectivity index (χ0n) is 23.7. The maximum absolute atomic E-state index is 9.44. The Balaban J connectivity index is 1.57. The maximum Gasteiger partial charge on any atom is 0.0991 e. The molecule has 3 heteroatoms. The van der Waals surface area contributed by atoms with Crippen molar-refractivity contribution in [3.05, 3.63) is 102 Å². The van der Waals surface area contributed by atoms with E-state index >= 15 is 0 Å². The van der Waals surface area contributed by atoms with Crippen molar-refractivity contribution in [1.82, 2.24) is 0 Å². The number of hydrogen-bond acceptors (Lipinski definition) is 2. The average Bonchev–Trinajstić information content (AvgIpc) is 3.06. The van der Waals surface area contributed by atoms with Gasteiger partial charge < -0.3 is 0 Å². The maximum atomic E-state index is 9.44. The van der Waals surface area contributed by atoms with Crippen molar-refractivity contribution < 1.29 is 0 Å². The molecule has 4 aromatic carbocycles. The zero-order chi connectivity index (χ0) is 28.0. The van der Waals surface area contributed by atoms with Crippen LogP contribution in [0, 0.1) is 22.7 Å². The molecule has 0 spiro atoms. The Hall–Kier alpha value is -3.71. The van der Waals surface area contributed by atoms with Crippen LogP contribution in [0.2, 0.25) is 0 Å². The highest BCUT2D eigenvalue weighted by Gasteiger charge is 2.34. The minimum absolute atomic E-state index is 0.301. The third-order valence-corrected chi connectivity index (χ3v) is 12.7. The van der Waals surface area contributed by atoms with Crippen LogP contribution in [0.3, 0.4) is 0 Å². The second-order valence-electron chi connectivity index (χ2n) is 11.6. The normalized spacial score (nSPS) is 16.3.